The Hall–Kier alpha value is -1.35. The molecule has 0 saturated heterocycles. The normalized spacial score (nSPS) is 17.7. The zero-order valence-electron chi connectivity index (χ0n) is 12.3. The Morgan fingerprint density at radius 3 is 2.60 bits per heavy atom. The Kier molecular flexibility index (Phi) is 5.18. The van der Waals surface area contributed by atoms with Crippen molar-refractivity contribution in [1.29, 1.82) is 0 Å². The van der Waals surface area contributed by atoms with E-state index in [0.717, 1.165) is 36.8 Å². The van der Waals surface area contributed by atoms with Crippen molar-refractivity contribution >= 4 is 5.91 Å². The Morgan fingerprint density at radius 2 is 1.95 bits per heavy atom. The van der Waals surface area contributed by atoms with Gasteiger partial charge in [0.2, 0.25) is 5.91 Å². The summed E-state index contributed by atoms with van der Waals surface area (Å²) in [6.45, 7) is 2.81. The van der Waals surface area contributed by atoms with Crippen molar-refractivity contribution in [1.82, 2.24) is 5.32 Å². The first-order valence-electron chi connectivity index (χ1n) is 7.57. The van der Waals surface area contributed by atoms with Crippen molar-refractivity contribution < 1.29 is 9.90 Å². The number of hydrogen-bond acceptors (Lipinski definition) is 2. The van der Waals surface area contributed by atoms with E-state index in [1.165, 1.54) is 6.42 Å². The summed E-state index contributed by atoms with van der Waals surface area (Å²) in [5, 5.41) is 12.7. The second kappa shape index (κ2) is 6.89. The van der Waals surface area contributed by atoms with Gasteiger partial charge in [-0.2, -0.15) is 0 Å². The van der Waals surface area contributed by atoms with E-state index in [1.54, 1.807) is 0 Å². The lowest BCUT2D eigenvalue weighted by molar-refractivity contribution is -0.121. The lowest BCUT2D eigenvalue weighted by atomic mass is 9.74. The highest BCUT2D eigenvalue weighted by atomic mass is 16.3. The summed E-state index contributed by atoms with van der Waals surface area (Å²) >= 11 is 0. The molecule has 0 heterocycles. The third-order valence-electron chi connectivity index (χ3n) is 4.52. The van der Waals surface area contributed by atoms with Crippen LogP contribution < -0.4 is 5.32 Å². The molecule has 3 nitrogen and oxygen atoms in total. The van der Waals surface area contributed by atoms with Gasteiger partial charge in [-0.3, -0.25) is 4.79 Å². The van der Waals surface area contributed by atoms with Crippen LogP contribution in [0.25, 0.3) is 0 Å². The maximum absolute atomic E-state index is 12.1. The van der Waals surface area contributed by atoms with E-state index in [4.69, 9.17) is 0 Å². The van der Waals surface area contributed by atoms with Crippen molar-refractivity contribution in [3.8, 4) is 0 Å². The topological polar surface area (TPSA) is 49.3 Å². The summed E-state index contributed by atoms with van der Waals surface area (Å²) in [5.41, 5.74) is 2.14. The van der Waals surface area contributed by atoms with Gasteiger partial charge in [-0.1, -0.05) is 43.5 Å². The molecule has 0 bridgehead atoms. The molecule has 1 amide bonds. The van der Waals surface area contributed by atoms with Crippen molar-refractivity contribution in [2.75, 3.05) is 13.2 Å². The van der Waals surface area contributed by atoms with Crippen LogP contribution >= 0.6 is 0 Å². The SMILES string of the molecule is Cc1ccccc1CC(=O)NCC1(CO)CCCCC1. The molecule has 1 aliphatic rings. The molecule has 1 saturated carbocycles. The van der Waals surface area contributed by atoms with Crippen LogP contribution in [-0.4, -0.2) is 24.2 Å². The number of amides is 1. The highest BCUT2D eigenvalue weighted by molar-refractivity contribution is 5.78. The summed E-state index contributed by atoms with van der Waals surface area (Å²) < 4.78 is 0. The van der Waals surface area contributed by atoms with Gasteiger partial charge in [0.25, 0.3) is 0 Å². The van der Waals surface area contributed by atoms with E-state index in [2.05, 4.69) is 5.32 Å². The Morgan fingerprint density at radius 1 is 1.25 bits per heavy atom. The molecule has 0 aromatic heterocycles. The quantitative estimate of drug-likeness (QED) is 0.868. The number of aliphatic hydroxyl groups is 1. The van der Waals surface area contributed by atoms with Crippen molar-refractivity contribution in [2.45, 2.75) is 45.4 Å². The van der Waals surface area contributed by atoms with Gasteiger partial charge in [0.15, 0.2) is 0 Å². The molecular weight excluding hydrogens is 250 g/mol. The second-order valence-corrected chi connectivity index (χ2v) is 6.10. The van der Waals surface area contributed by atoms with Crippen LogP contribution in [0.4, 0.5) is 0 Å². The van der Waals surface area contributed by atoms with Gasteiger partial charge in [-0.25, -0.2) is 0 Å². The maximum atomic E-state index is 12.1. The third kappa shape index (κ3) is 3.83. The van der Waals surface area contributed by atoms with Gasteiger partial charge >= 0.3 is 0 Å². The molecule has 3 heteroatoms. The number of nitrogens with one attached hydrogen (secondary N) is 1. The number of carbonyl (C=O) groups excluding carboxylic acids is 1. The van der Waals surface area contributed by atoms with Gasteiger partial charge in [0.1, 0.15) is 0 Å². The lowest BCUT2D eigenvalue weighted by Gasteiger charge is -2.35. The first kappa shape index (κ1) is 15.0. The van der Waals surface area contributed by atoms with Crippen molar-refractivity contribution in [3.63, 3.8) is 0 Å². The third-order valence-corrected chi connectivity index (χ3v) is 4.52. The zero-order chi connectivity index (χ0) is 14.4. The minimum Gasteiger partial charge on any atom is -0.396 e. The molecule has 110 valence electrons. The molecule has 1 aromatic carbocycles. The number of benzene rings is 1. The van der Waals surface area contributed by atoms with Gasteiger partial charge < -0.3 is 10.4 Å². The molecule has 0 unspecified atom stereocenters. The average molecular weight is 275 g/mol. The van der Waals surface area contributed by atoms with Gasteiger partial charge in [0, 0.05) is 12.0 Å². The standard InChI is InChI=1S/C17H25NO2/c1-14-7-3-4-8-15(14)11-16(20)18-12-17(13-19)9-5-2-6-10-17/h3-4,7-8,19H,2,5-6,9-13H2,1H3,(H,18,20). The fourth-order valence-electron chi connectivity index (χ4n) is 3.02. The van der Waals surface area contributed by atoms with Gasteiger partial charge in [0.05, 0.1) is 13.0 Å². The number of aliphatic hydroxyl groups excluding tert-OH is 1. The molecule has 20 heavy (non-hydrogen) atoms. The van der Waals surface area contributed by atoms with Gasteiger partial charge in [-0.15, -0.1) is 0 Å². The fraction of sp³-hybridized carbons (Fsp3) is 0.588. The number of hydrogen-bond donors (Lipinski definition) is 2. The predicted molar refractivity (Wildman–Crippen MR) is 80.5 cm³/mol. The molecule has 1 aliphatic carbocycles. The van der Waals surface area contributed by atoms with E-state index in [1.807, 2.05) is 31.2 Å². The first-order chi connectivity index (χ1) is 9.65. The van der Waals surface area contributed by atoms with E-state index < -0.39 is 0 Å². The number of aryl methyl sites for hydroxylation is 1. The minimum atomic E-state index is -0.0837. The maximum Gasteiger partial charge on any atom is 0.224 e. The molecular formula is C17H25NO2. The average Bonchev–Trinajstić information content (AvgIpc) is 2.49. The van der Waals surface area contributed by atoms with Crippen LogP contribution in [0.5, 0.6) is 0 Å². The van der Waals surface area contributed by atoms with Crippen molar-refractivity contribution in [2.24, 2.45) is 5.41 Å². The lowest BCUT2D eigenvalue weighted by Crippen LogP contribution is -2.41. The summed E-state index contributed by atoms with van der Waals surface area (Å²) in [7, 11) is 0. The van der Waals surface area contributed by atoms with Crippen molar-refractivity contribution in [3.05, 3.63) is 35.4 Å². The Bertz CT molecular complexity index is 450. The van der Waals surface area contributed by atoms with Crippen LogP contribution in [0.3, 0.4) is 0 Å². The van der Waals surface area contributed by atoms with E-state index >= 15 is 0 Å². The molecule has 1 fully saturated rings. The van der Waals surface area contributed by atoms with Crippen LogP contribution in [0, 0.1) is 12.3 Å². The van der Waals surface area contributed by atoms with Gasteiger partial charge in [-0.05, 0) is 30.9 Å². The van der Waals surface area contributed by atoms with Crippen LogP contribution in [0.15, 0.2) is 24.3 Å². The molecule has 0 spiro atoms. The second-order valence-electron chi connectivity index (χ2n) is 6.10. The van der Waals surface area contributed by atoms with E-state index in [9.17, 15) is 9.90 Å². The van der Waals surface area contributed by atoms with E-state index in [0.29, 0.717) is 13.0 Å². The summed E-state index contributed by atoms with van der Waals surface area (Å²) in [6.07, 6.45) is 6.04. The summed E-state index contributed by atoms with van der Waals surface area (Å²) in [4.78, 5) is 12.1. The zero-order valence-corrected chi connectivity index (χ0v) is 12.3. The monoisotopic (exact) mass is 275 g/mol. The largest absolute Gasteiger partial charge is 0.396 e. The fourth-order valence-corrected chi connectivity index (χ4v) is 3.02. The smallest absolute Gasteiger partial charge is 0.224 e. The Balaban J connectivity index is 1.87. The molecule has 0 atom stereocenters. The predicted octanol–water partition coefficient (Wildman–Crippen LogP) is 2.60. The molecule has 1 aromatic rings. The van der Waals surface area contributed by atoms with Crippen LogP contribution in [-0.2, 0) is 11.2 Å². The Labute approximate surface area is 121 Å². The van der Waals surface area contributed by atoms with Crippen LogP contribution in [0.2, 0.25) is 0 Å². The highest BCUT2D eigenvalue weighted by Gasteiger charge is 2.31. The highest BCUT2D eigenvalue weighted by Crippen LogP contribution is 2.35. The minimum absolute atomic E-state index is 0.0534. The number of rotatable bonds is 5. The summed E-state index contributed by atoms with van der Waals surface area (Å²) in [6, 6.07) is 7.97. The molecule has 2 N–H and O–H groups in total. The van der Waals surface area contributed by atoms with Crippen LogP contribution in [0.1, 0.15) is 43.2 Å². The number of carbonyl (C=O) groups is 1. The first-order valence-corrected chi connectivity index (χ1v) is 7.57. The van der Waals surface area contributed by atoms with E-state index in [-0.39, 0.29) is 17.9 Å². The molecule has 0 aliphatic heterocycles. The molecule has 0 radical (unpaired) electrons. The summed E-state index contributed by atoms with van der Waals surface area (Å²) in [5.74, 6) is 0.0534. The molecule has 2 rings (SSSR count).